The molecule has 0 spiro atoms. The number of methoxy groups -OCH3 is 1. The molecule has 0 radical (unpaired) electrons. The Hall–Kier alpha value is -0.492. The molecule has 0 N–H and O–H groups in total. The van der Waals surface area contributed by atoms with Gasteiger partial charge < -0.3 is 0 Å². The van der Waals surface area contributed by atoms with Gasteiger partial charge >= 0.3 is 95.3 Å². The van der Waals surface area contributed by atoms with E-state index >= 15 is 0 Å². The van der Waals surface area contributed by atoms with Crippen LogP contribution < -0.4 is 0 Å². The molecule has 2 nitrogen and oxygen atoms in total. The fraction of sp³-hybridized carbons (Fsp3) is 0.455. The van der Waals surface area contributed by atoms with Crippen molar-refractivity contribution in [2.75, 3.05) is 7.11 Å². The van der Waals surface area contributed by atoms with Crippen LogP contribution in [0.25, 0.3) is 0 Å². The summed E-state index contributed by atoms with van der Waals surface area (Å²) in [6, 6.07) is 0. The standard InChI is InChI=1S/C11H14O2.W/c1-9(13-2)7-10-5-3-4-6-11(12)8-10;/h7H,1,3-6H2,2H3;. The fourth-order valence-electron chi connectivity index (χ4n) is 1.40. The van der Waals surface area contributed by atoms with Crippen LogP contribution in [-0.2, 0) is 28.9 Å². The van der Waals surface area contributed by atoms with Gasteiger partial charge in [0.15, 0.2) is 0 Å². The molecule has 0 aromatic carbocycles. The maximum atomic E-state index is 11.6. The van der Waals surface area contributed by atoms with Crippen molar-refractivity contribution in [2.45, 2.75) is 25.7 Å². The van der Waals surface area contributed by atoms with Crippen LogP contribution in [0.4, 0.5) is 0 Å². The molecule has 3 heteroatoms. The molecule has 0 aromatic rings. The number of carbonyl (C=O) groups is 1. The first-order valence-electron chi connectivity index (χ1n) is 4.66. The van der Waals surface area contributed by atoms with Crippen LogP contribution in [0, 0.1) is 0 Å². The van der Waals surface area contributed by atoms with Crippen molar-refractivity contribution in [3.05, 3.63) is 24.0 Å². The summed E-state index contributed by atoms with van der Waals surface area (Å²) in [7, 11) is 1.60. The first-order valence-corrected chi connectivity index (χ1v) is 6.13. The second-order valence-electron chi connectivity index (χ2n) is 3.30. The molecular formula is C11H14O2W. The first-order chi connectivity index (χ1) is 6.65. The van der Waals surface area contributed by atoms with E-state index in [9.17, 15) is 4.79 Å². The summed E-state index contributed by atoms with van der Waals surface area (Å²) in [6.07, 6.45) is 5.67. The van der Waals surface area contributed by atoms with Crippen molar-refractivity contribution < 1.29 is 28.9 Å². The number of hydrogen-bond donors (Lipinski definition) is 0. The molecule has 14 heavy (non-hydrogen) atoms. The van der Waals surface area contributed by atoms with Gasteiger partial charge in [-0.1, -0.05) is 0 Å². The SMILES string of the molecule is C=C(C=C1CCCCC(=O)[C]1=[W])OC. The molecule has 0 unspecified atom stereocenters. The number of ketones is 1. The Morgan fingerprint density at radius 3 is 2.79 bits per heavy atom. The van der Waals surface area contributed by atoms with Crippen LogP contribution >= 0.6 is 0 Å². The Balaban J connectivity index is 2.84. The molecular weight excluding hydrogens is 348 g/mol. The van der Waals surface area contributed by atoms with E-state index in [-0.39, 0.29) is 0 Å². The zero-order valence-corrected chi connectivity index (χ0v) is 11.3. The van der Waals surface area contributed by atoms with Crippen LogP contribution in [0.2, 0.25) is 0 Å². The summed E-state index contributed by atoms with van der Waals surface area (Å²) in [4.78, 5) is 11.6. The van der Waals surface area contributed by atoms with Gasteiger partial charge in [0.05, 0.1) is 0 Å². The van der Waals surface area contributed by atoms with E-state index < -0.39 is 0 Å². The molecule has 0 heterocycles. The van der Waals surface area contributed by atoms with Gasteiger partial charge in [0.1, 0.15) is 0 Å². The van der Waals surface area contributed by atoms with Gasteiger partial charge in [-0.05, 0) is 0 Å². The van der Waals surface area contributed by atoms with E-state index in [0.717, 1.165) is 28.7 Å². The number of allylic oxidation sites excluding steroid dienone is 2. The van der Waals surface area contributed by atoms with Crippen LogP contribution in [0.5, 0.6) is 0 Å². The fourth-order valence-corrected chi connectivity index (χ4v) is 2.34. The Kier molecular flexibility index (Phi) is 4.47. The third-order valence-corrected chi connectivity index (χ3v) is 4.00. The zero-order valence-electron chi connectivity index (χ0n) is 8.34. The monoisotopic (exact) mass is 362 g/mol. The van der Waals surface area contributed by atoms with E-state index in [1.54, 1.807) is 7.11 Å². The summed E-state index contributed by atoms with van der Waals surface area (Å²) >= 11 is 1.25. The van der Waals surface area contributed by atoms with E-state index in [4.69, 9.17) is 4.74 Å². The molecule has 0 amide bonds. The van der Waals surface area contributed by atoms with E-state index in [1.165, 1.54) is 19.4 Å². The molecule has 1 rings (SSSR count). The Morgan fingerprint density at radius 1 is 1.50 bits per heavy atom. The average molecular weight is 362 g/mol. The topological polar surface area (TPSA) is 26.3 Å². The second kappa shape index (κ2) is 5.40. The van der Waals surface area contributed by atoms with E-state index in [2.05, 4.69) is 6.58 Å². The summed E-state index contributed by atoms with van der Waals surface area (Å²) in [5.41, 5.74) is 1.12. The molecule has 76 valence electrons. The van der Waals surface area contributed by atoms with Crippen LogP contribution in [-0.4, -0.2) is 16.8 Å². The molecule has 1 fully saturated rings. The number of ether oxygens (including phenoxy) is 1. The Labute approximate surface area is 95.4 Å². The van der Waals surface area contributed by atoms with E-state index in [0.29, 0.717) is 18.0 Å². The third-order valence-electron chi connectivity index (χ3n) is 2.24. The van der Waals surface area contributed by atoms with Crippen molar-refractivity contribution in [1.29, 1.82) is 0 Å². The maximum absolute atomic E-state index is 11.6. The normalized spacial score (nSPS) is 20.8. The molecule has 0 saturated heterocycles. The van der Waals surface area contributed by atoms with Gasteiger partial charge in [-0.3, -0.25) is 0 Å². The van der Waals surface area contributed by atoms with Crippen LogP contribution in [0.15, 0.2) is 24.0 Å². The number of hydrogen-bond acceptors (Lipinski definition) is 2. The van der Waals surface area contributed by atoms with Crippen LogP contribution in [0.3, 0.4) is 0 Å². The predicted molar refractivity (Wildman–Crippen MR) is 52.7 cm³/mol. The Morgan fingerprint density at radius 2 is 2.14 bits per heavy atom. The molecule has 0 atom stereocenters. The molecule has 0 bridgehead atoms. The molecule has 0 aromatic heterocycles. The quantitative estimate of drug-likeness (QED) is 0.555. The molecule has 1 aliphatic rings. The predicted octanol–water partition coefficient (Wildman–Crippen LogP) is 1.94. The zero-order chi connectivity index (χ0) is 10.6. The van der Waals surface area contributed by atoms with Gasteiger partial charge in [-0.25, -0.2) is 0 Å². The van der Waals surface area contributed by atoms with Crippen molar-refractivity contribution >= 4 is 9.68 Å². The number of rotatable bonds is 2. The Bertz CT molecular complexity index is 302. The van der Waals surface area contributed by atoms with Crippen molar-refractivity contribution in [2.24, 2.45) is 0 Å². The minimum absolute atomic E-state index is 0.299. The number of Topliss-reactive ketones (excluding diaryl/α,β-unsaturated/α-hetero) is 1. The third kappa shape index (κ3) is 3.02. The summed E-state index contributed by atoms with van der Waals surface area (Å²) in [5.74, 6) is 0.932. The van der Waals surface area contributed by atoms with Crippen molar-refractivity contribution in [1.82, 2.24) is 0 Å². The summed E-state index contributed by atoms with van der Waals surface area (Å²) in [5, 5.41) is 0. The minimum atomic E-state index is 0.299. The van der Waals surface area contributed by atoms with E-state index in [1.807, 2.05) is 6.08 Å². The molecule has 1 aliphatic carbocycles. The van der Waals surface area contributed by atoms with Crippen molar-refractivity contribution in [3.8, 4) is 0 Å². The van der Waals surface area contributed by atoms with Gasteiger partial charge in [0.2, 0.25) is 0 Å². The summed E-state index contributed by atoms with van der Waals surface area (Å²) in [6.45, 7) is 3.74. The van der Waals surface area contributed by atoms with Crippen molar-refractivity contribution in [3.63, 3.8) is 0 Å². The van der Waals surface area contributed by atoms with Gasteiger partial charge in [-0.2, -0.15) is 0 Å². The summed E-state index contributed by atoms with van der Waals surface area (Å²) < 4.78 is 5.95. The van der Waals surface area contributed by atoms with Gasteiger partial charge in [0, 0.05) is 0 Å². The van der Waals surface area contributed by atoms with Crippen LogP contribution in [0.1, 0.15) is 25.7 Å². The number of carbonyl (C=O) groups excluding carboxylic acids is 1. The molecule has 0 aliphatic heterocycles. The second-order valence-corrected chi connectivity index (χ2v) is 4.77. The van der Waals surface area contributed by atoms with Gasteiger partial charge in [-0.15, -0.1) is 0 Å². The first kappa shape index (κ1) is 11.6. The average Bonchev–Trinajstić information content (AvgIpc) is 2.33. The molecule has 1 saturated carbocycles. The van der Waals surface area contributed by atoms with Gasteiger partial charge in [0.25, 0.3) is 0 Å².